The highest BCUT2D eigenvalue weighted by molar-refractivity contribution is 5.43. The fourth-order valence-electron chi connectivity index (χ4n) is 1.92. The molecule has 1 aliphatic heterocycles. The minimum absolute atomic E-state index is 0.194. The van der Waals surface area contributed by atoms with Crippen LogP contribution in [0.2, 0.25) is 0 Å². The van der Waals surface area contributed by atoms with Crippen LogP contribution in [0.4, 0.5) is 10.1 Å². The predicted molar refractivity (Wildman–Crippen MR) is 64.2 cm³/mol. The van der Waals surface area contributed by atoms with Gasteiger partial charge in [-0.25, -0.2) is 4.39 Å². The summed E-state index contributed by atoms with van der Waals surface area (Å²) < 4.78 is 12.9. The molecular formula is C12H18FN3. The summed E-state index contributed by atoms with van der Waals surface area (Å²) in [6, 6.07) is 7.06. The maximum absolute atomic E-state index is 12.9. The Morgan fingerprint density at radius 2 is 2.44 bits per heavy atom. The number of nitrogens with zero attached hydrogens (tertiary/aromatic N) is 1. The van der Waals surface area contributed by atoms with Crippen molar-refractivity contribution in [2.75, 3.05) is 38.5 Å². The Hall–Kier alpha value is -1.13. The average Bonchev–Trinajstić information content (AvgIpc) is 2.28. The van der Waals surface area contributed by atoms with Gasteiger partial charge in [-0.15, -0.1) is 0 Å². The van der Waals surface area contributed by atoms with E-state index in [1.54, 1.807) is 6.07 Å². The van der Waals surface area contributed by atoms with Gasteiger partial charge in [0.25, 0.3) is 0 Å². The van der Waals surface area contributed by atoms with Gasteiger partial charge < -0.3 is 10.6 Å². The van der Waals surface area contributed by atoms with Crippen LogP contribution in [0.25, 0.3) is 0 Å². The SMILES string of the molecule is CN1CCNCC1CNc1cccc(F)c1. The summed E-state index contributed by atoms with van der Waals surface area (Å²) in [6.45, 7) is 3.94. The van der Waals surface area contributed by atoms with Crippen LogP contribution in [0.3, 0.4) is 0 Å². The van der Waals surface area contributed by atoms with Gasteiger partial charge in [0.05, 0.1) is 0 Å². The lowest BCUT2D eigenvalue weighted by molar-refractivity contribution is 0.209. The number of anilines is 1. The molecule has 0 aromatic heterocycles. The van der Waals surface area contributed by atoms with Crippen molar-refractivity contribution in [1.82, 2.24) is 10.2 Å². The first-order chi connectivity index (χ1) is 7.75. The van der Waals surface area contributed by atoms with Crippen molar-refractivity contribution in [1.29, 1.82) is 0 Å². The van der Waals surface area contributed by atoms with Crippen molar-refractivity contribution >= 4 is 5.69 Å². The Balaban J connectivity index is 1.86. The number of halogens is 1. The van der Waals surface area contributed by atoms with Crippen molar-refractivity contribution in [3.63, 3.8) is 0 Å². The first kappa shape index (κ1) is 11.4. The molecule has 0 bridgehead atoms. The molecule has 0 amide bonds. The molecule has 1 aliphatic rings. The molecule has 2 N–H and O–H groups in total. The van der Waals surface area contributed by atoms with Gasteiger partial charge in [-0.1, -0.05) is 6.07 Å². The fourth-order valence-corrected chi connectivity index (χ4v) is 1.92. The average molecular weight is 223 g/mol. The van der Waals surface area contributed by atoms with E-state index in [0.717, 1.165) is 31.9 Å². The number of piperazine rings is 1. The lowest BCUT2D eigenvalue weighted by atomic mass is 10.2. The summed E-state index contributed by atoms with van der Waals surface area (Å²) in [7, 11) is 2.12. The summed E-state index contributed by atoms with van der Waals surface area (Å²) in [5.41, 5.74) is 0.846. The number of nitrogens with one attached hydrogen (secondary N) is 2. The first-order valence-corrected chi connectivity index (χ1v) is 5.66. The Bertz CT molecular complexity index is 343. The Morgan fingerprint density at radius 3 is 3.19 bits per heavy atom. The second-order valence-electron chi connectivity index (χ2n) is 4.23. The maximum atomic E-state index is 12.9. The van der Waals surface area contributed by atoms with E-state index >= 15 is 0 Å². The number of hydrogen-bond donors (Lipinski definition) is 2. The van der Waals surface area contributed by atoms with Crippen LogP contribution >= 0.6 is 0 Å². The zero-order chi connectivity index (χ0) is 11.4. The smallest absolute Gasteiger partial charge is 0.125 e. The van der Waals surface area contributed by atoms with E-state index in [4.69, 9.17) is 0 Å². The van der Waals surface area contributed by atoms with E-state index in [1.807, 2.05) is 6.07 Å². The van der Waals surface area contributed by atoms with Crippen molar-refractivity contribution in [2.45, 2.75) is 6.04 Å². The normalized spacial score (nSPS) is 22.0. The van der Waals surface area contributed by atoms with Crippen molar-refractivity contribution < 1.29 is 4.39 Å². The molecule has 0 saturated carbocycles. The molecule has 1 fully saturated rings. The van der Waals surface area contributed by atoms with Crippen LogP contribution in [0.5, 0.6) is 0 Å². The lowest BCUT2D eigenvalue weighted by Crippen LogP contribution is -2.52. The van der Waals surface area contributed by atoms with Gasteiger partial charge >= 0.3 is 0 Å². The molecule has 16 heavy (non-hydrogen) atoms. The molecule has 0 radical (unpaired) electrons. The van der Waals surface area contributed by atoms with E-state index < -0.39 is 0 Å². The molecule has 1 aromatic carbocycles. The lowest BCUT2D eigenvalue weighted by Gasteiger charge is -2.33. The number of rotatable bonds is 3. The first-order valence-electron chi connectivity index (χ1n) is 5.66. The summed E-state index contributed by atoms with van der Waals surface area (Å²) >= 11 is 0. The van der Waals surface area contributed by atoms with E-state index in [0.29, 0.717) is 6.04 Å². The number of benzene rings is 1. The minimum atomic E-state index is -0.194. The summed E-state index contributed by atoms with van der Waals surface area (Å²) in [4.78, 5) is 2.32. The third-order valence-electron chi connectivity index (χ3n) is 3.01. The third-order valence-corrected chi connectivity index (χ3v) is 3.01. The standard InChI is InChI=1S/C12H18FN3/c1-16-6-5-14-8-12(16)9-15-11-4-2-3-10(13)7-11/h2-4,7,12,14-15H,5-6,8-9H2,1H3. The Kier molecular flexibility index (Phi) is 3.74. The van der Waals surface area contributed by atoms with Crippen molar-refractivity contribution in [3.8, 4) is 0 Å². The molecule has 0 spiro atoms. The maximum Gasteiger partial charge on any atom is 0.125 e. The zero-order valence-electron chi connectivity index (χ0n) is 9.54. The quantitative estimate of drug-likeness (QED) is 0.804. The van der Waals surface area contributed by atoms with E-state index in [2.05, 4.69) is 22.6 Å². The molecule has 1 saturated heterocycles. The molecule has 4 heteroatoms. The van der Waals surface area contributed by atoms with Gasteiger partial charge in [0.1, 0.15) is 5.82 Å². The largest absolute Gasteiger partial charge is 0.383 e. The molecule has 88 valence electrons. The monoisotopic (exact) mass is 223 g/mol. The molecule has 2 rings (SSSR count). The highest BCUT2D eigenvalue weighted by Gasteiger charge is 2.17. The Labute approximate surface area is 95.6 Å². The summed E-state index contributed by atoms with van der Waals surface area (Å²) in [5, 5.41) is 6.62. The van der Waals surface area contributed by atoms with Crippen LogP contribution in [-0.2, 0) is 0 Å². The fraction of sp³-hybridized carbons (Fsp3) is 0.500. The van der Waals surface area contributed by atoms with Gasteiger partial charge in [0, 0.05) is 37.9 Å². The van der Waals surface area contributed by atoms with E-state index in [-0.39, 0.29) is 5.82 Å². The molecule has 0 aliphatic carbocycles. The topological polar surface area (TPSA) is 27.3 Å². The molecule has 1 heterocycles. The highest BCUT2D eigenvalue weighted by Crippen LogP contribution is 2.10. The van der Waals surface area contributed by atoms with Gasteiger partial charge in [-0.2, -0.15) is 0 Å². The number of hydrogen-bond acceptors (Lipinski definition) is 3. The van der Waals surface area contributed by atoms with Gasteiger partial charge in [0.2, 0.25) is 0 Å². The molecule has 1 atom stereocenters. The van der Waals surface area contributed by atoms with E-state index in [1.165, 1.54) is 12.1 Å². The van der Waals surface area contributed by atoms with Crippen LogP contribution in [0, 0.1) is 5.82 Å². The van der Waals surface area contributed by atoms with Crippen LogP contribution in [0.1, 0.15) is 0 Å². The zero-order valence-corrected chi connectivity index (χ0v) is 9.54. The molecular weight excluding hydrogens is 205 g/mol. The predicted octanol–water partition coefficient (Wildman–Crippen LogP) is 1.14. The number of likely N-dealkylation sites (N-methyl/N-ethyl adjacent to an activating group) is 1. The van der Waals surface area contributed by atoms with Crippen LogP contribution < -0.4 is 10.6 Å². The molecule has 1 aromatic rings. The van der Waals surface area contributed by atoms with Gasteiger partial charge in [-0.05, 0) is 25.2 Å². The Morgan fingerprint density at radius 1 is 1.56 bits per heavy atom. The summed E-state index contributed by atoms with van der Waals surface area (Å²) in [6.07, 6.45) is 0. The van der Waals surface area contributed by atoms with Gasteiger partial charge in [0.15, 0.2) is 0 Å². The second kappa shape index (κ2) is 5.27. The van der Waals surface area contributed by atoms with Crippen molar-refractivity contribution in [3.05, 3.63) is 30.1 Å². The third kappa shape index (κ3) is 2.93. The summed E-state index contributed by atoms with van der Waals surface area (Å²) in [5.74, 6) is -0.194. The minimum Gasteiger partial charge on any atom is -0.383 e. The van der Waals surface area contributed by atoms with Crippen LogP contribution in [-0.4, -0.2) is 44.2 Å². The highest BCUT2D eigenvalue weighted by atomic mass is 19.1. The van der Waals surface area contributed by atoms with Crippen molar-refractivity contribution in [2.24, 2.45) is 0 Å². The second-order valence-corrected chi connectivity index (χ2v) is 4.23. The van der Waals surface area contributed by atoms with Crippen LogP contribution in [0.15, 0.2) is 24.3 Å². The molecule has 3 nitrogen and oxygen atoms in total. The van der Waals surface area contributed by atoms with E-state index in [9.17, 15) is 4.39 Å². The molecule has 1 unspecified atom stereocenters. The van der Waals surface area contributed by atoms with Gasteiger partial charge in [-0.3, -0.25) is 4.90 Å².